The maximum absolute atomic E-state index is 3.77. The van der Waals surface area contributed by atoms with Gasteiger partial charge in [0.2, 0.25) is 0 Å². The molecule has 0 amide bonds. The van der Waals surface area contributed by atoms with Gasteiger partial charge in [-0.1, -0.05) is 19.1 Å². The van der Waals surface area contributed by atoms with Crippen LogP contribution in [-0.2, 0) is 0 Å². The molecule has 1 N–H and O–H groups in total. The second-order valence-electron chi connectivity index (χ2n) is 3.03. The summed E-state index contributed by atoms with van der Waals surface area (Å²) in [4.78, 5) is 2.27. The van der Waals surface area contributed by atoms with Gasteiger partial charge in [-0.2, -0.15) is 0 Å². The van der Waals surface area contributed by atoms with Crippen LogP contribution in [0.3, 0.4) is 0 Å². The molecule has 0 aromatic heterocycles. The zero-order chi connectivity index (χ0) is 9.40. The fraction of sp³-hybridized carbons (Fsp3) is 0.600. The first kappa shape index (κ1) is 11.2. The molecule has 0 rings (SSSR count). The van der Waals surface area contributed by atoms with E-state index in [-0.39, 0.29) is 0 Å². The highest BCUT2D eigenvalue weighted by molar-refractivity contribution is 5.09. The molecular formula is C10H20N2. The van der Waals surface area contributed by atoms with Crippen molar-refractivity contribution in [2.45, 2.75) is 13.8 Å². The van der Waals surface area contributed by atoms with Crippen molar-refractivity contribution in [3.63, 3.8) is 0 Å². The highest BCUT2D eigenvalue weighted by Gasteiger charge is 1.89. The van der Waals surface area contributed by atoms with Crippen LogP contribution in [0.5, 0.6) is 0 Å². The van der Waals surface area contributed by atoms with Gasteiger partial charge in [-0.15, -0.1) is 0 Å². The van der Waals surface area contributed by atoms with E-state index in [1.165, 1.54) is 0 Å². The standard InChI is InChI=1S/C10H20N2/c1-5-12(4)9-8-11-7-6-10(2)3/h6-7,11H,2,5,8-9H2,1,3-4H3/b7-6+. The third-order valence-electron chi connectivity index (χ3n) is 1.66. The molecule has 0 aromatic carbocycles. The molecule has 0 atom stereocenters. The van der Waals surface area contributed by atoms with Crippen molar-refractivity contribution in [1.82, 2.24) is 10.2 Å². The SMILES string of the molecule is C=C(C)/C=C/NCCN(C)CC. The summed E-state index contributed by atoms with van der Waals surface area (Å²) in [6.45, 7) is 11.1. The van der Waals surface area contributed by atoms with Crippen molar-refractivity contribution in [2.24, 2.45) is 0 Å². The highest BCUT2D eigenvalue weighted by atomic mass is 15.1. The van der Waals surface area contributed by atoms with E-state index in [0.29, 0.717) is 0 Å². The smallest absolute Gasteiger partial charge is 0.0269 e. The third kappa shape index (κ3) is 7.35. The largest absolute Gasteiger partial charge is 0.390 e. The molecule has 0 fully saturated rings. The Morgan fingerprint density at radius 3 is 2.75 bits per heavy atom. The fourth-order valence-electron chi connectivity index (χ4n) is 0.698. The van der Waals surface area contributed by atoms with Gasteiger partial charge in [0.1, 0.15) is 0 Å². The van der Waals surface area contributed by atoms with Gasteiger partial charge >= 0.3 is 0 Å². The highest BCUT2D eigenvalue weighted by Crippen LogP contribution is 1.85. The lowest BCUT2D eigenvalue weighted by Crippen LogP contribution is -2.26. The van der Waals surface area contributed by atoms with Gasteiger partial charge in [0.15, 0.2) is 0 Å². The monoisotopic (exact) mass is 168 g/mol. The van der Waals surface area contributed by atoms with Crippen LogP contribution in [0.2, 0.25) is 0 Å². The average molecular weight is 168 g/mol. The van der Waals surface area contributed by atoms with Gasteiger partial charge in [-0.05, 0) is 32.8 Å². The molecule has 70 valence electrons. The molecule has 0 aliphatic carbocycles. The van der Waals surface area contributed by atoms with E-state index in [0.717, 1.165) is 25.2 Å². The molecule has 0 aliphatic rings. The predicted molar refractivity (Wildman–Crippen MR) is 55.1 cm³/mol. The van der Waals surface area contributed by atoms with Gasteiger partial charge in [0.05, 0.1) is 0 Å². The van der Waals surface area contributed by atoms with E-state index in [1.54, 1.807) is 0 Å². The van der Waals surface area contributed by atoms with E-state index in [1.807, 2.05) is 19.2 Å². The molecule has 2 nitrogen and oxygen atoms in total. The molecule has 12 heavy (non-hydrogen) atoms. The predicted octanol–water partition coefficient (Wildman–Crippen LogP) is 1.62. The summed E-state index contributed by atoms with van der Waals surface area (Å²) in [5.74, 6) is 0. The number of hydrogen-bond donors (Lipinski definition) is 1. The molecule has 0 heterocycles. The normalized spacial score (nSPS) is 11.0. The van der Waals surface area contributed by atoms with E-state index in [4.69, 9.17) is 0 Å². The Kier molecular flexibility index (Phi) is 6.48. The number of hydrogen-bond acceptors (Lipinski definition) is 2. The van der Waals surface area contributed by atoms with Crippen molar-refractivity contribution in [3.8, 4) is 0 Å². The van der Waals surface area contributed by atoms with Crippen LogP contribution in [-0.4, -0.2) is 31.6 Å². The second-order valence-corrected chi connectivity index (χ2v) is 3.03. The molecule has 0 radical (unpaired) electrons. The minimum atomic E-state index is 0.994. The van der Waals surface area contributed by atoms with Crippen LogP contribution >= 0.6 is 0 Å². The van der Waals surface area contributed by atoms with Gasteiger partial charge in [0.25, 0.3) is 0 Å². The molecule has 2 heteroatoms. The number of allylic oxidation sites excluding steroid dienone is 2. The zero-order valence-corrected chi connectivity index (χ0v) is 8.43. The van der Waals surface area contributed by atoms with Crippen molar-refractivity contribution >= 4 is 0 Å². The molecule has 0 spiro atoms. The number of nitrogens with one attached hydrogen (secondary N) is 1. The number of likely N-dealkylation sites (N-methyl/N-ethyl adjacent to an activating group) is 1. The van der Waals surface area contributed by atoms with Crippen LogP contribution < -0.4 is 5.32 Å². The van der Waals surface area contributed by atoms with Crippen LogP contribution in [0.1, 0.15) is 13.8 Å². The molecule has 0 saturated heterocycles. The number of rotatable bonds is 6. The molecule has 0 aromatic rings. The zero-order valence-electron chi connectivity index (χ0n) is 8.43. The summed E-state index contributed by atoms with van der Waals surface area (Å²) >= 11 is 0. The van der Waals surface area contributed by atoms with Crippen LogP contribution in [0.4, 0.5) is 0 Å². The Hall–Kier alpha value is -0.760. The summed E-state index contributed by atoms with van der Waals surface area (Å²) in [6, 6.07) is 0. The minimum Gasteiger partial charge on any atom is -0.390 e. The lowest BCUT2D eigenvalue weighted by molar-refractivity contribution is 0.356. The Bertz CT molecular complexity index is 150. The average Bonchev–Trinajstić information content (AvgIpc) is 2.03. The van der Waals surface area contributed by atoms with Crippen molar-refractivity contribution in [1.29, 1.82) is 0 Å². The van der Waals surface area contributed by atoms with E-state index >= 15 is 0 Å². The van der Waals surface area contributed by atoms with E-state index < -0.39 is 0 Å². The lowest BCUT2D eigenvalue weighted by Gasteiger charge is -2.12. The Balaban J connectivity index is 3.26. The van der Waals surface area contributed by atoms with Gasteiger partial charge in [0, 0.05) is 13.1 Å². The first-order valence-electron chi connectivity index (χ1n) is 4.40. The summed E-state index contributed by atoms with van der Waals surface area (Å²) in [7, 11) is 2.12. The molecule has 0 aliphatic heterocycles. The second kappa shape index (κ2) is 6.92. The summed E-state index contributed by atoms with van der Waals surface area (Å²) in [5, 5.41) is 3.20. The van der Waals surface area contributed by atoms with Crippen LogP contribution in [0.15, 0.2) is 24.4 Å². The quantitative estimate of drug-likeness (QED) is 0.479. The Morgan fingerprint density at radius 1 is 1.58 bits per heavy atom. The van der Waals surface area contributed by atoms with Crippen LogP contribution in [0.25, 0.3) is 0 Å². The number of nitrogens with zero attached hydrogens (tertiary/aromatic N) is 1. The molecule has 0 unspecified atom stereocenters. The Labute approximate surface area is 76.0 Å². The van der Waals surface area contributed by atoms with E-state index in [2.05, 4.69) is 30.8 Å². The molecule has 0 bridgehead atoms. The lowest BCUT2D eigenvalue weighted by atomic mass is 10.3. The first-order valence-corrected chi connectivity index (χ1v) is 4.40. The summed E-state index contributed by atoms with van der Waals surface area (Å²) in [5.41, 5.74) is 1.08. The van der Waals surface area contributed by atoms with Crippen LogP contribution in [0, 0.1) is 0 Å². The van der Waals surface area contributed by atoms with Gasteiger partial charge < -0.3 is 10.2 Å². The maximum Gasteiger partial charge on any atom is 0.0269 e. The molecular weight excluding hydrogens is 148 g/mol. The van der Waals surface area contributed by atoms with Gasteiger partial charge in [-0.3, -0.25) is 0 Å². The first-order chi connectivity index (χ1) is 5.66. The Morgan fingerprint density at radius 2 is 2.25 bits per heavy atom. The van der Waals surface area contributed by atoms with E-state index in [9.17, 15) is 0 Å². The summed E-state index contributed by atoms with van der Waals surface area (Å²) in [6.07, 6.45) is 3.93. The topological polar surface area (TPSA) is 15.3 Å². The maximum atomic E-state index is 3.77. The summed E-state index contributed by atoms with van der Waals surface area (Å²) < 4.78 is 0. The van der Waals surface area contributed by atoms with Crippen molar-refractivity contribution in [3.05, 3.63) is 24.4 Å². The third-order valence-corrected chi connectivity index (χ3v) is 1.66. The van der Waals surface area contributed by atoms with Gasteiger partial charge in [-0.25, -0.2) is 0 Å². The minimum absolute atomic E-state index is 0.994. The van der Waals surface area contributed by atoms with Crippen molar-refractivity contribution in [2.75, 3.05) is 26.7 Å². The van der Waals surface area contributed by atoms with Crippen molar-refractivity contribution < 1.29 is 0 Å². The molecule has 0 saturated carbocycles. The fourth-order valence-corrected chi connectivity index (χ4v) is 0.698.